The highest BCUT2D eigenvalue weighted by atomic mass is 16.3. The van der Waals surface area contributed by atoms with Crippen LogP contribution in [0.2, 0.25) is 0 Å². The molecule has 0 saturated carbocycles. The summed E-state index contributed by atoms with van der Waals surface area (Å²) in [6.45, 7) is 6.82. The molecule has 0 aliphatic heterocycles. The van der Waals surface area contributed by atoms with Crippen LogP contribution in [0.25, 0.3) is 0 Å². The Kier molecular flexibility index (Phi) is 6.40. The van der Waals surface area contributed by atoms with Crippen molar-refractivity contribution in [3.05, 3.63) is 24.3 Å². The summed E-state index contributed by atoms with van der Waals surface area (Å²) < 4.78 is 0. The van der Waals surface area contributed by atoms with Crippen molar-refractivity contribution in [2.24, 2.45) is 5.92 Å². The average Bonchev–Trinajstić information content (AvgIpc) is 2.39. The normalized spacial score (nSPS) is 10.7. The summed E-state index contributed by atoms with van der Waals surface area (Å²) in [5.41, 5.74) is 0.782. The predicted molar refractivity (Wildman–Crippen MR) is 79.4 cm³/mol. The van der Waals surface area contributed by atoms with Crippen LogP contribution in [0.15, 0.2) is 24.3 Å². The summed E-state index contributed by atoms with van der Waals surface area (Å²) in [4.78, 5) is 14.4. The second-order valence-corrected chi connectivity index (χ2v) is 4.88. The summed E-state index contributed by atoms with van der Waals surface area (Å²) in [6.07, 6.45) is 3.91. The summed E-state index contributed by atoms with van der Waals surface area (Å²) >= 11 is 0. The van der Waals surface area contributed by atoms with E-state index in [0.29, 0.717) is 6.54 Å². The van der Waals surface area contributed by atoms with Crippen molar-refractivity contribution in [3.8, 4) is 5.75 Å². The molecule has 0 saturated heterocycles. The van der Waals surface area contributed by atoms with Gasteiger partial charge in [-0.3, -0.25) is 4.79 Å². The summed E-state index contributed by atoms with van der Waals surface area (Å²) in [6, 6.07) is 6.92. The molecule has 0 atom stereocenters. The quantitative estimate of drug-likeness (QED) is 0.809. The Hall–Kier alpha value is -1.51. The maximum atomic E-state index is 12.6. The average molecular weight is 263 g/mol. The molecule has 1 aromatic rings. The number of phenols is 1. The monoisotopic (exact) mass is 263 g/mol. The van der Waals surface area contributed by atoms with Gasteiger partial charge in [0.2, 0.25) is 5.91 Å². The maximum Gasteiger partial charge on any atom is 0.230 e. The minimum atomic E-state index is 0.0947. The minimum absolute atomic E-state index is 0.0947. The van der Waals surface area contributed by atoms with Gasteiger partial charge < -0.3 is 10.0 Å². The van der Waals surface area contributed by atoms with E-state index >= 15 is 0 Å². The molecule has 1 rings (SSSR count). The van der Waals surface area contributed by atoms with Crippen LogP contribution in [0.3, 0.4) is 0 Å². The van der Waals surface area contributed by atoms with Crippen molar-refractivity contribution in [1.82, 2.24) is 0 Å². The number of hydrogen-bond donors (Lipinski definition) is 1. The van der Waals surface area contributed by atoms with Gasteiger partial charge in [0.05, 0.1) is 0 Å². The minimum Gasteiger partial charge on any atom is -0.508 e. The first kappa shape index (κ1) is 15.5. The van der Waals surface area contributed by atoms with Crippen LogP contribution in [0.4, 0.5) is 5.69 Å². The first-order chi connectivity index (χ1) is 9.13. The largest absolute Gasteiger partial charge is 0.508 e. The van der Waals surface area contributed by atoms with Crippen molar-refractivity contribution >= 4 is 11.6 Å². The number of benzene rings is 1. The first-order valence-corrected chi connectivity index (χ1v) is 7.24. The molecule has 0 aliphatic rings. The van der Waals surface area contributed by atoms with E-state index in [-0.39, 0.29) is 17.6 Å². The Morgan fingerprint density at radius 1 is 1.21 bits per heavy atom. The molecule has 1 aromatic carbocycles. The zero-order valence-corrected chi connectivity index (χ0v) is 12.2. The number of nitrogens with zero attached hydrogens (tertiary/aromatic N) is 1. The molecule has 3 nitrogen and oxygen atoms in total. The summed E-state index contributed by atoms with van der Waals surface area (Å²) in [5.74, 6) is 0.473. The van der Waals surface area contributed by atoms with E-state index in [9.17, 15) is 9.90 Å². The van der Waals surface area contributed by atoms with Crippen LogP contribution in [-0.2, 0) is 4.79 Å². The summed E-state index contributed by atoms with van der Waals surface area (Å²) in [7, 11) is 0. The molecule has 0 fully saturated rings. The van der Waals surface area contributed by atoms with Crippen molar-refractivity contribution < 1.29 is 9.90 Å². The Bertz CT molecular complexity index is 397. The Balaban J connectivity index is 2.91. The highest BCUT2D eigenvalue weighted by molar-refractivity contribution is 5.95. The van der Waals surface area contributed by atoms with E-state index in [1.165, 1.54) is 0 Å². The van der Waals surface area contributed by atoms with E-state index in [2.05, 4.69) is 13.8 Å². The van der Waals surface area contributed by atoms with Gasteiger partial charge in [-0.05, 0) is 31.9 Å². The van der Waals surface area contributed by atoms with Crippen LogP contribution in [0.5, 0.6) is 5.75 Å². The molecule has 0 unspecified atom stereocenters. The number of phenolic OH excluding ortho intramolecular Hbond substituents is 1. The van der Waals surface area contributed by atoms with Gasteiger partial charge in [-0.25, -0.2) is 0 Å². The zero-order valence-electron chi connectivity index (χ0n) is 12.2. The van der Waals surface area contributed by atoms with Gasteiger partial charge in [-0.2, -0.15) is 0 Å². The number of aromatic hydroxyl groups is 1. The van der Waals surface area contributed by atoms with Gasteiger partial charge in [-0.15, -0.1) is 0 Å². The maximum absolute atomic E-state index is 12.6. The van der Waals surface area contributed by atoms with Crippen LogP contribution in [-0.4, -0.2) is 17.6 Å². The number of carbonyl (C=O) groups is 1. The van der Waals surface area contributed by atoms with E-state index in [1.807, 2.05) is 13.0 Å². The van der Waals surface area contributed by atoms with Gasteiger partial charge in [0.25, 0.3) is 0 Å². The molecule has 0 aliphatic carbocycles. The van der Waals surface area contributed by atoms with Crippen molar-refractivity contribution in [1.29, 1.82) is 0 Å². The van der Waals surface area contributed by atoms with E-state index in [4.69, 9.17) is 0 Å². The second kappa shape index (κ2) is 7.82. The molecule has 3 heteroatoms. The molecular formula is C16H25NO2. The van der Waals surface area contributed by atoms with Crippen LogP contribution in [0.1, 0.15) is 46.5 Å². The molecule has 0 heterocycles. The molecule has 0 spiro atoms. The van der Waals surface area contributed by atoms with Crippen molar-refractivity contribution in [2.45, 2.75) is 46.5 Å². The number of hydrogen-bond acceptors (Lipinski definition) is 2. The lowest BCUT2D eigenvalue weighted by molar-refractivity contribution is -0.122. The Labute approximate surface area is 116 Å². The third kappa shape index (κ3) is 4.27. The van der Waals surface area contributed by atoms with Crippen molar-refractivity contribution in [3.63, 3.8) is 0 Å². The molecule has 1 amide bonds. The number of carbonyl (C=O) groups excluding carboxylic acids is 1. The van der Waals surface area contributed by atoms with E-state index in [1.54, 1.807) is 23.1 Å². The van der Waals surface area contributed by atoms with Gasteiger partial charge in [0, 0.05) is 24.2 Å². The lowest BCUT2D eigenvalue weighted by Gasteiger charge is -2.26. The SMILES string of the molecule is CCCC(CCC)C(=O)N(CC)c1cccc(O)c1. The molecule has 1 N–H and O–H groups in total. The molecule has 19 heavy (non-hydrogen) atoms. The lowest BCUT2D eigenvalue weighted by Crippen LogP contribution is -2.36. The highest BCUT2D eigenvalue weighted by Crippen LogP contribution is 2.24. The standard InChI is InChI=1S/C16H25NO2/c1-4-8-13(9-5-2)16(19)17(6-3)14-10-7-11-15(18)12-14/h7,10-13,18H,4-6,8-9H2,1-3H3. The van der Waals surface area contributed by atoms with Crippen LogP contribution in [0, 0.1) is 5.92 Å². The Morgan fingerprint density at radius 2 is 1.84 bits per heavy atom. The van der Waals surface area contributed by atoms with E-state index in [0.717, 1.165) is 31.4 Å². The van der Waals surface area contributed by atoms with E-state index < -0.39 is 0 Å². The highest BCUT2D eigenvalue weighted by Gasteiger charge is 2.23. The summed E-state index contributed by atoms with van der Waals surface area (Å²) in [5, 5.41) is 9.55. The smallest absolute Gasteiger partial charge is 0.230 e. The molecule has 0 radical (unpaired) electrons. The van der Waals surface area contributed by atoms with Gasteiger partial charge in [-0.1, -0.05) is 32.8 Å². The Morgan fingerprint density at radius 3 is 2.32 bits per heavy atom. The topological polar surface area (TPSA) is 40.5 Å². The third-order valence-corrected chi connectivity index (χ3v) is 3.35. The van der Waals surface area contributed by atoms with Crippen molar-refractivity contribution in [2.75, 3.05) is 11.4 Å². The second-order valence-electron chi connectivity index (χ2n) is 4.88. The van der Waals surface area contributed by atoms with Gasteiger partial charge in [0.1, 0.15) is 5.75 Å². The fraction of sp³-hybridized carbons (Fsp3) is 0.562. The fourth-order valence-electron chi connectivity index (χ4n) is 2.44. The van der Waals surface area contributed by atoms with Gasteiger partial charge >= 0.3 is 0 Å². The first-order valence-electron chi connectivity index (χ1n) is 7.24. The molecular weight excluding hydrogens is 238 g/mol. The zero-order chi connectivity index (χ0) is 14.3. The fourth-order valence-corrected chi connectivity index (χ4v) is 2.44. The lowest BCUT2D eigenvalue weighted by atomic mass is 9.96. The van der Waals surface area contributed by atoms with Crippen LogP contribution < -0.4 is 4.90 Å². The number of amides is 1. The number of anilines is 1. The molecule has 106 valence electrons. The third-order valence-electron chi connectivity index (χ3n) is 3.35. The molecule has 0 bridgehead atoms. The molecule has 0 aromatic heterocycles. The van der Waals surface area contributed by atoms with Gasteiger partial charge in [0.15, 0.2) is 0 Å². The predicted octanol–water partition coefficient (Wildman–Crippen LogP) is 3.96. The van der Waals surface area contributed by atoms with Crippen LogP contribution >= 0.6 is 0 Å². The number of rotatable bonds is 7.